The summed E-state index contributed by atoms with van der Waals surface area (Å²) in [5.41, 5.74) is 6.28. The Hall–Kier alpha value is -1.24. The topological polar surface area (TPSA) is 72.2 Å². The van der Waals surface area contributed by atoms with Gasteiger partial charge < -0.3 is 5.73 Å². The Kier molecular flexibility index (Phi) is 4.03. The molecule has 0 bridgehead atoms. The van der Waals surface area contributed by atoms with Gasteiger partial charge in [-0.25, -0.2) is 8.42 Å². The number of hydrogen-bond donors (Lipinski definition) is 2. The Morgan fingerprint density at radius 2 is 1.74 bits per heavy atom. The first-order valence-electron chi connectivity index (χ1n) is 5.22. The third-order valence-corrected chi connectivity index (χ3v) is 4.53. The van der Waals surface area contributed by atoms with Crippen LogP contribution in [-0.2, 0) is 10.0 Å². The quantitative estimate of drug-likeness (QED) is 0.822. The average molecular weight is 362 g/mol. The molecule has 0 fully saturated rings. The second kappa shape index (κ2) is 5.40. The van der Waals surface area contributed by atoms with Gasteiger partial charge >= 0.3 is 0 Å². The highest BCUT2D eigenvalue weighted by molar-refractivity contribution is 9.10. The number of rotatable bonds is 3. The van der Waals surface area contributed by atoms with Gasteiger partial charge in [0.15, 0.2) is 0 Å². The fraction of sp³-hybridized carbons (Fsp3) is 0. The molecule has 100 valence electrons. The van der Waals surface area contributed by atoms with E-state index < -0.39 is 10.0 Å². The molecule has 0 atom stereocenters. The third kappa shape index (κ3) is 3.40. The Morgan fingerprint density at radius 1 is 1.11 bits per heavy atom. The van der Waals surface area contributed by atoms with Gasteiger partial charge in [0, 0.05) is 9.50 Å². The summed E-state index contributed by atoms with van der Waals surface area (Å²) in [6.45, 7) is 0. The summed E-state index contributed by atoms with van der Waals surface area (Å²) >= 11 is 9.01. The van der Waals surface area contributed by atoms with Crippen molar-refractivity contribution >= 4 is 48.9 Å². The van der Waals surface area contributed by atoms with Crippen molar-refractivity contribution in [3.8, 4) is 0 Å². The lowest BCUT2D eigenvalue weighted by Crippen LogP contribution is -2.14. The second-order valence-electron chi connectivity index (χ2n) is 3.79. The molecule has 0 heterocycles. The van der Waals surface area contributed by atoms with E-state index in [0.29, 0.717) is 10.7 Å². The first kappa shape index (κ1) is 14.2. The third-order valence-electron chi connectivity index (χ3n) is 2.38. The summed E-state index contributed by atoms with van der Waals surface area (Å²) in [6, 6.07) is 10.9. The van der Waals surface area contributed by atoms with E-state index in [4.69, 9.17) is 17.3 Å². The minimum absolute atomic E-state index is 0.157. The first-order chi connectivity index (χ1) is 8.88. The molecule has 0 spiro atoms. The molecule has 7 heteroatoms. The minimum Gasteiger partial charge on any atom is -0.397 e. The van der Waals surface area contributed by atoms with Gasteiger partial charge in [-0.05, 0) is 42.5 Å². The predicted molar refractivity (Wildman–Crippen MR) is 80.8 cm³/mol. The predicted octanol–water partition coefficient (Wildman–Crippen LogP) is 3.49. The van der Waals surface area contributed by atoms with Crippen LogP contribution in [0.2, 0.25) is 5.02 Å². The maximum atomic E-state index is 12.1. The monoisotopic (exact) mass is 360 g/mol. The van der Waals surface area contributed by atoms with Gasteiger partial charge in [0.1, 0.15) is 0 Å². The highest BCUT2D eigenvalue weighted by Gasteiger charge is 2.15. The van der Waals surface area contributed by atoms with Crippen LogP contribution in [0.5, 0.6) is 0 Å². The smallest absolute Gasteiger partial charge is 0.261 e. The highest BCUT2D eigenvalue weighted by Crippen LogP contribution is 2.25. The lowest BCUT2D eigenvalue weighted by atomic mass is 10.3. The van der Waals surface area contributed by atoms with Crippen LogP contribution in [0, 0.1) is 0 Å². The lowest BCUT2D eigenvalue weighted by molar-refractivity contribution is 0.601. The number of nitrogens with two attached hydrogens (primary N) is 1. The molecule has 0 radical (unpaired) electrons. The minimum atomic E-state index is -3.66. The van der Waals surface area contributed by atoms with E-state index >= 15 is 0 Å². The number of halogens is 2. The summed E-state index contributed by atoms with van der Waals surface area (Å²) in [5, 5.41) is 0.448. The number of anilines is 2. The number of nitrogens with one attached hydrogen (secondary N) is 1. The van der Waals surface area contributed by atoms with Crippen LogP contribution in [0.3, 0.4) is 0 Å². The molecule has 2 aromatic rings. The summed E-state index contributed by atoms with van der Waals surface area (Å²) in [6.07, 6.45) is 0. The van der Waals surface area contributed by atoms with E-state index in [2.05, 4.69) is 20.7 Å². The van der Waals surface area contributed by atoms with Gasteiger partial charge in [0.05, 0.1) is 16.3 Å². The van der Waals surface area contributed by atoms with Crippen molar-refractivity contribution in [2.24, 2.45) is 0 Å². The Morgan fingerprint density at radius 3 is 2.32 bits per heavy atom. The number of hydrogen-bond acceptors (Lipinski definition) is 3. The van der Waals surface area contributed by atoms with E-state index in [1.54, 1.807) is 18.2 Å². The van der Waals surface area contributed by atoms with Gasteiger partial charge in [0.25, 0.3) is 10.0 Å². The average Bonchev–Trinajstić information content (AvgIpc) is 2.33. The number of benzene rings is 2. The molecule has 0 saturated carbocycles. The summed E-state index contributed by atoms with van der Waals surface area (Å²) in [7, 11) is -3.66. The first-order valence-corrected chi connectivity index (χ1v) is 7.87. The molecule has 0 aliphatic carbocycles. The molecule has 3 N–H and O–H groups in total. The van der Waals surface area contributed by atoms with Crippen LogP contribution in [-0.4, -0.2) is 8.42 Å². The maximum absolute atomic E-state index is 12.1. The van der Waals surface area contributed by atoms with Gasteiger partial charge in [-0.15, -0.1) is 0 Å². The molecule has 0 aromatic heterocycles. The van der Waals surface area contributed by atoms with E-state index in [1.165, 1.54) is 24.3 Å². The van der Waals surface area contributed by atoms with Gasteiger partial charge in [-0.2, -0.15) is 0 Å². The van der Waals surface area contributed by atoms with E-state index in [1.807, 2.05) is 0 Å². The van der Waals surface area contributed by atoms with Crippen molar-refractivity contribution in [1.82, 2.24) is 0 Å². The van der Waals surface area contributed by atoms with Gasteiger partial charge in [-0.3, -0.25) is 4.72 Å². The van der Waals surface area contributed by atoms with Crippen molar-refractivity contribution in [2.45, 2.75) is 4.90 Å². The summed E-state index contributed by atoms with van der Waals surface area (Å²) < 4.78 is 27.5. The molecule has 0 aliphatic heterocycles. The van der Waals surface area contributed by atoms with Crippen molar-refractivity contribution in [3.05, 3.63) is 52.0 Å². The fourth-order valence-electron chi connectivity index (χ4n) is 1.44. The SMILES string of the molecule is Nc1cc(Cl)ccc1NS(=O)(=O)c1ccc(Br)cc1. The lowest BCUT2D eigenvalue weighted by Gasteiger charge is -2.10. The van der Waals surface area contributed by atoms with Crippen LogP contribution < -0.4 is 10.5 Å². The summed E-state index contributed by atoms with van der Waals surface area (Å²) in [5.74, 6) is 0. The van der Waals surface area contributed by atoms with Gasteiger partial charge in [0.2, 0.25) is 0 Å². The molecule has 19 heavy (non-hydrogen) atoms. The molecule has 0 saturated heterocycles. The zero-order valence-electron chi connectivity index (χ0n) is 9.60. The van der Waals surface area contributed by atoms with Crippen LogP contribution in [0.25, 0.3) is 0 Å². The molecule has 0 amide bonds. The van der Waals surface area contributed by atoms with Crippen LogP contribution >= 0.6 is 27.5 Å². The van der Waals surface area contributed by atoms with E-state index in [0.717, 1.165) is 4.47 Å². The molecular formula is C12H10BrClN2O2S. The van der Waals surface area contributed by atoms with Crippen molar-refractivity contribution in [1.29, 1.82) is 0 Å². The van der Waals surface area contributed by atoms with Crippen molar-refractivity contribution in [3.63, 3.8) is 0 Å². The highest BCUT2D eigenvalue weighted by atomic mass is 79.9. The van der Waals surface area contributed by atoms with Crippen molar-refractivity contribution < 1.29 is 8.42 Å². The zero-order valence-corrected chi connectivity index (χ0v) is 12.8. The van der Waals surface area contributed by atoms with Crippen molar-refractivity contribution in [2.75, 3.05) is 10.5 Å². The number of nitrogen functional groups attached to an aromatic ring is 1. The summed E-state index contributed by atoms with van der Waals surface area (Å²) in [4.78, 5) is 0.157. The molecule has 4 nitrogen and oxygen atoms in total. The molecule has 2 aromatic carbocycles. The Labute approximate surface area is 124 Å². The van der Waals surface area contributed by atoms with E-state index in [9.17, 15) is 8.42 Å². The van der Waals surface area contributed by atoms with Crippen LogP contribution in [0.15, 0.2) is 51.8 Å². The maximum Gasteiger partial charge on any atom is 0.261 e. The zero-order chi connectivity index (χ0) is 14.0. The standard InChI is InChI=1S/C12H10BrClN2O2S/c13-8-1-4-10(5-2-8)19(17,18)16-12-6-3-9(14)7-11(12)15/h1-7,16H,15H2. The van der Waals surface area contributed by atoms with Gasteiger partial charge in [-0.1, -0.05) is 27.5 Å². The van der Waals surface area contributed by atoms with Crippen LogP contribution in [0.1, 0.15) is 0 Å². The molecular weight excluding hydrogens is 352 g/mol. The van der Waals surface area contributed by atoms with Crippen LogP contribution in [0.4, 0.5) is 11.4 Å². The Balaban J connectivity index is 2.33. The largest absolute Gasteiger partial charge is 0.397 e. The normalized spacial score (nSPS) is 11.3. The molecule has 2 rings (SSSR count). The fourth-order valence-corrected chi connectivity index (χ4v) is 2.98. The molecule has 0 aliphatic rings. The Bertz CT molecular complexity index is 702. The second-order valence-corrected chi connectivity index (χ2v) is 6.83. The van der Waals surface area contributed by atoms with E-state index in [-0.39, 0.29) is 10.6 Å². The molecule has 0 unspecified atom stereocenters. The number of sulfonamides is 1.